The molecule has 3 heteroatoms. The molecule has 2 aromatic rings. The van der Waals surface area contributed by atoms with Crippen molar-refractivity contribution >= 4 is 12.0 Å². The molecule has 0 aliphatic carbocycles. The van der Waals surface area contributed by atoms with Crippen LogP contribution in [0.15, 0.2) is 55.1 Å². The predicted octanol–water partition coefficient (Wildman–Crippen LogP) is 2.24. The smallest absolute Gasteiger partial charge is 0.254 e. The lowest BCUT2D eigenvalue weighted by molar-refractivity contribution is 0.0970. The van der Waals surface area contributed by atoms with Gasteiger partial charge in [-0.25, -0.2) is 0 Å². The molecule has 2 heterocycles. The molecule has 0 fully saturated rings. The van der Waals surface area contributed by atoms with Crippen molar-refractivity contribution in [3.05, 3.63) is 60.7 Å². The van der Waals surface area contributed by atoms with Gasteiger partial charge in [0, 0.05) is 30.9 Å². The summed E-state index contributed by atoms with van der Waals surface area (Å²) in [5.74, 6) is -0.0585. The average Bonchev–Trinajstić information content (AvgIpc) is 2.81. The van der Waals surface area contributed by atoms with Crippen LogP contribution < -0.4 is 0 Å². The number of allylic oxidation sites excluding steroid dienone is 1. The molecule has 0 aromatic carbocycles. The topological polar surface area (TPSA) is 34.9 Å². The van der Waals surface area contributed by atoms with Crippen LogP contribution >= 0.6 is 0 Å². The van der Waals surface area contributed by atoms with Gasteiger partial charge in [0.15, 0.2) is 0 Å². The molecule has 74 valence electrons. The van der Waals surface area contributed by atoms with Crippen molar-refractivity contribution in [2.24, 2.45) is 0 Å². The third kappa shape index (κ3) is 2.40. The van der Waals surface area contributed by atoms with E-state index in [1.807, 2.05) is 24.3 Å². The van der Waals surface area contributed by atoms with Crippen molar-refractivity contribution in [3.8, 4) is 0 Å². The zero-order valence-electron chi connectivity index (χ0n) is 8.08. The fourth-order valence-corrected chi connectivity index (χ4v) is 1.21. The normalized spacial score (nSPS) is 10.7. The number of hydrogen-bond acceptors (Lipinski definition) is 2. The Hall–Kier alpha value is -2.16. The molecular weight excluding hydrogens is 188 g/mol. The molecule has 0 aliphatic heterocycles. The van der Waals surface area contributed by atoms with E-state index in [1.54, 1.807) is 30.9 Å². The lowest BCUT2D eigenvalue weighted by Gasteiger charge is -1.94. The standard InChI is InChI=1S/C12H10N2O/c15-12(14-9-1-2-10-14)4-3-11-5-7-13-8-6-11/h1-10H/b4-3+. The Morgan fingerprint density at radius 1 is 1.20 bits per heavy atom. The van der Waals surface area contributed by atoms with Gasteiger partial charge < -0.3 is 0 Å². The second-order valence-corrected chi connectivity index (χ2v) is 3.04. The van der Waals surface area contributed by atoms with E-state index in [-0.39, 0.29) is 5.91 Å². The Bertz CT molecular complexity index is 458. The van der Waals surface area contributed by atoms with Gasteiger partial charge in [-0.1, -0.05) is 0 Å². The predicted molar refractivity (Wildman–Crippen MR) is 58.3 cm³/mol. The van der Waals surface area contributed by atoms with E-state index in [0.717, 1.165) is 5.56 Å². The van der Waals surface area contributed by atoms with Gasteiger partial charge in [-0.05, 0) is 35.9 Å². The van der Waals surface area contributed by atoms with Crippen LogP contribution in [-0.2, 0) is 0 Å². The molecule has 15 heavy (non-hydrogen) atoms. The van der Waals surface area contributed by atoms with Crippen molar-refractivity contribution in [3.63, 3.8) is 0 Å². The number of carbonyl (C=O) groups excluding carboxylic acids is 1. The molecule has 0 unspecified atom stereocenters. The largest absolute Gasteiger partial charge is 0.291 e. The summed E-state index contributed by atoms with van der Waals surface area (Å²) in [6.07, 6.45) is 10.1. The monoisotopic (exact) mass is 198 g/mol. The first-order chi connectivity index (χ1) is 7.36. The van der Waals surface area contributed by atoms with E-state index in [4.69, 9.17) is 0 Å². The zero-order valence-corrected chi connectivity index (χ0v) is 8.08. The summed E-state index contributed by atoms with van der Waals surface area (Å²) in [5, 5.41) is 0. The maximum absolute atomic E-state index is 11.5. The third-order valence-electron chi connectivity index (χ3n) is 1.98. The van der Waals surface area contributed by atoms with Gasteiger partial charge in [0.25, 0.3) is 5.91 Å². The quantitative estimate of drug-likeness (QED) is 0.693. The first kappa shape index (κ1) is 9.40. The molecule has 0 amide bonds. The minimum absolute atomic E-state index is 0.0585. The summed E-state index contributed by atoms with van der Waals surface area (Å²) in [5.41, 5.74) is 0.963. The number of pyridine rings is 1. The molecule has 0 saturated carbocycles. The van der Waals surface area contributed by atoms with Crippen LogP contribution in [0.25, 0.3) is 6.08 Å². The molecule has 0 atom stereocenters. The van der Waals surface area contributed by atoms with E-state index in [9.17, 15) is 4.79 Å². The second-order valence-electron chi connectivity index (χ2n) is 3.04. The molecule has 0 N–H and O–H groups in total. The highest BCUT2D eigenvalue weighted by molar-refractivity contribution is 5.93. The Morgan fingerprint density at radius 2 is 1.87 bits per heavy atom. The summed E-state index contributed by atoms with van der Waals surface area (Å²) in [4.78, 5) is 15.4. The average molecular weight is 198 g/mol. The molecule has 0 radical (unpaired) electrons. The highest BCUT2D eigenvalue weighted by atomic mass is 16.1. The van der Waals surface area contributed by atoms with Crippen LogP contribution in [0.1, 0.15) is 10.4 Å². The van der Waals surface area contributed by atoms with Crippen molar-refractivity contribution in [2.75, 3.05) is 0 Å². The van der Waals surface area contributed by atoms with Crippen LogP contribution in [-0.4, -0.2) is 15.5 Å². The molecule has 0 aliphatic rings. The van der Waals surface area contributed by atoms with Gasteiger partial charge in [0.05, 0.1) is 0 Å². The number of aromatic nitrogens is 2. The third-order valence-corrected chi connectivity index (χ3v) is 1.98. The number of hydrogen-bond donors (Lipinski definition) is 0. The first-order valence-electron chi connectivity index (χ1n) is 4.62. The van der Waals surface area contributed by atoms with Crippen LogP contribution in [0, 0.1) is 0 Å². The van der Waals surface area contributed by atoms with Crippen LogP contribution in [0.2, 0.25) is 0 Å². The fraction of sp³-hybridized carbons (Fsp3) is 0. The van der Waals surface area contributed by atoms with Crippen molar-refractivity contribution in [2.45, 2.75) is 0 Å². The Kier molecular flexibility index (Phi) is 2.74. The van der Waals surface area contributed by atoms with Crippen molar-refractivity contribution in [1.29, 1.82) is 0 Å². The highest BCUT2D eigenvalue weighted by Crippen LogP contribution is 2.00. The molecule has 0 bridgehead atoms. The zero-order chi connectivity index (χ0) is 10.5. The molecular formula is C12H10N2O. The Morgan fingerprint density at radius 3 is 2.53 bits per heavy atom. The van der Waals surface area contributed by atoms with Gasteiger partial charge in [0.2, 0.25) is 0 Å². The number of rotatable bonds is 2. The molecule has 2 rings (SSSR count). The molecule has 0 spiro atoms. The minimum Gasteiger partial charge on any atom is -0.291 e. The maximum Gasteiger partial charge on any atom is 0.254 e. The SMILES string of the molecule is O=C(/C=C/c1ccncc1)n1cccc1. The van der Waals surface area contributed by atoms with Crippen LogP contribution in [0.4, 0.5) is 0 Å². The van der Waals surface area contributed by atoms with Crippen LogP contribution in [0.5, 0.6) is 0 Å². The van der Waals surface area contributed by atoms with E-state index in [0.29, 0.717) is 0 Å². The van der Waals surface area contributed by atoms with Gasteiger partial charge in [-0.2, -0.15) is 0 Å². The first-order valence-corrected chi connectivity index (χ1v) is 4.62. The molecule has 3 nitrogen and oxygen atoms in total. The summed E-state index contributed by atoms with van der Waals surface area (Å²) < 4.78 is 1.53. The van der Waals surface area contributed by atoms with Crippen LogP contribution in [0.3, 0.4) is 0 Å². The lowest BCUT2D eigenvalue weighted by Crippen LogP contribution is -2.03. The van der Waals surface area contributed by atoms with Gasteiger partial charge in [0.1, 0.15) is 0 Å². The van der Waals surface area contributed by atoms with E-state index >= 15 is 0 Å². The van der Waals surface area contributed by atoms with Gasteiger partial charge in [-0.3, -0.25) is 14.3 Å². The Labute approximate surface area is 87.7 Å². The summed E-state index contributed by atoms with van der Waals surface area (Å²) in [6.45, 7) is 0. The number of nitrogens with zero attached hydrogens (tertiary/aromatic N) is 2. The highest BCUT2D eigenvalue weighted by Gasteiger charge is 1.96. The molecule has 0 saturated heterocycles. The minimum atomic E-state index is -0.0585. The van der Waals surface area contributed by atoms with Gasteiger partial charge >= 0.3 is 0 Å². The van der Waals surface area contributed by atoms with E-state index in [2.05, 4.69) is 4.98 Å². The van der Waals surface area contributed by atoms with E-state index < -0.39 is 0 Å². The molecule has 2 aromatic heterocycles. The van der Waals surface area contributed by atoms with Crippen molar-refractivity contribution in [1.82, 2.24) is 9.55 Å². The summed E-state index contributed by atoms with van der Waals surface area (Å²) in [6, 6.07) is 7.33. The maximum atomic E-state index is 11.5. The van der Waals surface area contributed by atoms with Gasteiger partial charge in [-0.15, -0.1) is 0 Å². The summed E-state index contributed by atoms with van der Waals surface area (Å²) in [7, 11) is 0. The second kappa shape index (κ2) is 4.37. The fourth-order valence-electron chi connectivity index (χ4n) is 1.21. The summed E-state index contributed by atoms with van der Waals surface area (Å²) >= 11 is 0. The van der Waals surface area contributed by atoms with E-state index in [1.165, 1.54) is 10.6 Å². The lowest BCUT2D eigenvalue weighted by atomic mass is 10.2. The Balaban J connectivity index is 2.10. The van der Waals surface area contributed by atoms with Crippen molar-refractivity contribution < 1.29 is 4.79 Å². The number of carbonyl (C=O) groups is 1.